The summed E-state index contributed by atoms with van der Waals surface area (Å²) in [6.45, 7) is 1.23. The summed E-state index contributed by atoms with van der Waals surface area (Å²) in [6.07, 6.45) is -8.29. The van der Waals surface area contributed by atoms with E-state index in [4.69, 9.17) is 15.6 Å². The maximum atomic E-state index is 14.8. The first-order chi connectivity index (χ1) is 11.1. The topological polar surface area (TPSA) is 151 Å². The van der Waals surface area contributed by atoms with Gasteiger partial charge in [0.2, 0.25) is 5.91 Å². The molecule has 0 bridgehead atoms. The van der Waals surface area contributed by atoms with Gasteiger partial charge in [0.05, 0.1) is 25.3 Å². The van der Waals surface area contributed by atoms with Crippen LogP contribution in [-0.2, 0) is 19.1 Å². The summed E-state index contributed by atoms with van der Waals surface area (Å²) in [4.78, 5) is 23.0. The van der Waals surface area contributed by atoms with E-state index in [2.05, 4.69) is 10.1 Å². The van der Waals surface area contributed by atoms with Crippen molar-refractivity contribution in [2.24, 2.45) is 5.73 Å². The van der Waals surface area contributed by atoms with Crippen LogP contribution in [0.5, 0.6) is 0 Å². The van der Waals surface area contributed by atoms with Crippen molar-refractivity contribution in [2.45, 2.75) is 56.3 Å². The van der Waals surface area contributed by atoms with Crippen molar-refractivity contribution < 1.29 is 43.2 Å². The number of aliphatic hydroxyl groups excluding tert-OH is 3. The van der Waals surface area contributed by atoms with Gasteiger partial charge in [-0.1, -0.05) is 0 Å². The summed E-state index contributed by atoms with van der Waals surface area (Å²) in [5.41, 5.74) is 5.58. The molecule has 1 aliphatic heterocycles. The number of nitrogens with one attached hydrogen (secondary N) is 1. The Hall–Kier alpha value is -1.40. The molecule has 0 aliphatic carbocycles. The van der Waals surface area contributed by atoms with Crippen LogP contribution in [0.1, 0.15) is 13.8 Å². The van der Waals surface area contributed by atoms with Crippen molar-refractivity contribution >= 4 is 11.9 Å². The first-order valence-electron chi connectivity index (χ1n) is 7.27. The van der Waals surface area contributed by atoms with E-state index >= 15 is 0 Å². The minimum atomic E-state index is -3.63. The Kier molecular flexibility index (Phi) is 6.98. The number of nitrogens with two attached hydrogens (primary N) is 1. The number of carbonyl (C=O) groups is 2. The standard InChI is InChI=1S/C13H22F2N2O7/c1-3-23-12(22)13(15)11(14)7(16)8(17-5(2)19)10(24-13)9(21)6(20)4-18/h6-11,18,20-21H,3-4,16H2,1-2H3,(H,17,19)/t6-,7?,8-,9-,10?,11+,13-/m1/s1. The molecule has 9 nitrogen and oxygen atoms in total. The highest BCUT2D eigenvalue weighted by molar-refractivity contribution is 5.79. The molecular formula is C13H22F2N2O7. The fraction of sp³-hybridized carbons (Fsp3) is 0.846. The normalized spacial score (nSPS) is 35.8. The lowest BCUT2D eigenvalue weighted by Crippen LogP contribution is -2.73. The van der Waals surface area contributed by atoms with Gasteiger partial charge in [-0.25, -0.2) is 9.18 Å². The quantitative estimate of drug-likeness (QED) is 0.328. The molecule has 1 aliphatic rings. The molecule has 6 N–H and O–H groups in total. The van der Waals surface area contributed by atoms with Crippen LogP contribution in [0.15, 0.2) is 0 Å². The van der Waals surface area contributed by atoms with Crippen LogP contribution in [0.3, 0.4) is 0 Å². The Morgan fingerprint density at radius 3 is 2.50 bits per heavy atom. The predicted molar refractivity (Wildman–Crippen MR) is 74.9 cm³/mol. The minimum absolute atomic E-state index is 0.266. The maximum absolute atomic E-state index is 14.8. The number of esters is 1. The van der Waals surface area contributed by atoms with Gasteiger partial charge in [-0.3, -0.25) is 4.79 Å². The molecule has 7 atom stereocenters. The van der Waals surface area contributed by atoms with Crippen LogP contribution in [0, 0.1) is 0 Å². The summed E-state index contributed by atoms with van der Waals surface area (Å²) < 4.78 is 38.3. The van der Waals surface area contributed by atoms with Gasteiger partial charge in [-0.2, -0.15) is 4.39 Å². The summed E-state index contributed by atoms with van der Waals surface area (Å²) in [5.74, 6) is -6.01. The third kappa shape index (κ3) is 3.98. The minimum Gasteiger partial charge on any atom is -0.462 e. The molecule has 1 amide bonds. The van der Waals surface area contributed by atoms with E-state index in [1.165, 1.54) is 6.92 Å². The molecule has 11 heteroatoms. The third-order valence-electron chi connectivity index (χ3n) is 3.61. The Balaban J connectivity index is 3.21. The van der Waals surface area contributed by atoms with Crippen LogP contribution in [0.25, 0.3) is 0 Å². The van der Waals surface area contributed by atoms with Crippen LogP contribution in [-0.4, -0.2) is 82.8 Å². The second-order valence-corrected chi connectivity index (χ2v) is 5.39. The van der Waals surface area contributed by atoms with Gasteiger partial charge in [0.25, 0.3) is 0 Å². The Morgan fingerprint density at radius 2 is 2.04 bits per heavy atom. The molecule has 1 fully saturated rings. The second-order valence-electron chi connectivity index (χ2n) is 5.39. The molecule has 0 radical (unpaired) electrons. The van der Waals surface area contributed by atoms with Gasteiger partial charge in [-0.15, -0.1) is 0 Å². The Bertz CT molecular complexity index is 470. The van der Waals surface area contributed by atoms with Gasteiger partial charge < -0.3 is 35.8 Å². The molecule has 1 saturated heterocycles. The lowest BCUT2D eigenvalue weighted by molar-refractivity contribution is -0.278. The van der Waals surface area contributed by atoms with E-state index in [1.807, 2.05) is 0 Å². The lowest BCUT2D eigenvalue weighted by atomic mass is 9.86. The van der Waals surface area contributed by atoms with Crippen LogP contribution < -0.4 is 11.1 Å². The monoisotopic (exact) mass is 356 g/mol. The second kappa shape index (κ2) is 8.12. The smallest absolute Gasteiger partial charge is 0.375 e. The highest BCUT2D eigenvalue weighted by atomic mass is 19.2. The summed E-state index contributed by atoms with van der Waals surface area (Å²) in [5, 5.41) is 30.6. The average molecular weight is 356 g/mol. The first-order valence-corrected chi connectivity index (χ1v) is 7.27. The summed E-state index contributed by atoms with van der Waals surface area (Å²) in [7, 11) is 0. The van der Waals surface area contributed by atoms with E-state index in [9.17, 15) is 28.6 Å². The number of carbonyl (C=O) groups excluding carboxylic acids is 2. The molecule has 0 spiro atoms. The van der Waals surface area contributed by atoms with Gasteiger partial charge in [0.1, 0.15) is 18.3 Å². The molecule has 0 aromatic carbocycles. The number of aliphatic hydroxyl groups is 3. The van der Waals surface area contributed by atoms with Crippen molar-refractivity contribution in [1.29, 1.82) is 0 Å². The zero-order valence-electron chi connectivity index (χ0n) is 13.2. The van der Waals surface area contributed by atoms with E-state index in [0.717, 1.165) is 6.92 Å². The number of amides is 1. The molecule has 0 aromatic heterocycles. The summed E-state index contributed by atoms with van der Waals surface area (Å²) in [6, 6.07) is -3.25. The predicted octanol–water partition coefficient (Wildman–Crippen LogP) is -2.50. The number of halogens is 2. The zero-order chi connectivity index (χ0) is 18.7. The molecule has 2 unspecified atom stereocenters. The van der Waals surface area contributed by atoms with Gasteiger partial charge in [0.15, 0.2) is 6.17 Å². The third-order valence-corrected chi connectivity index (χ3v) is 3.61. The van der Waals surface area contributed by atoms with Crippen LogP contribution in [0.2, 0.25) is 0 Å². The van der Waals surface area contributed by atoms with Crippen molar-refractivity contribution in [1.82, 2.24) is 5.32 Å². The average Bonchev–Trinajstić information content (AvgIpc) is 2.53. The van der Waals surface area contributed by atoms with Crippen molar-refractivity contribution in [3.05, 3.63) is 0 Å². The molecular weight excluding hydrogens is 334 g/mol. The number of hydrogen-bond acceptors (Lipinski definition) is 8. The maximum Gasteiger partial charge on any atom is 0.375 e. The Labute approximate surface area is 136 Å². The Morgan fingerprint density at radius 1 is 1.46 bits per heavy atom. The molecule has 0 saturated carbocycles. The van der Waals surface area contributed by atoms with Gasteiger partial charge >= 0.3 is 11.8 Å². The lowest BCUT2D eigenvalue weighted by Gasteiger charge is -2.46. The number of alkyl halides is 2. The van der Waals surface area contributed by atoms with E-state index in [1.54, 1.807) is 0 Å². The zero-order valence-corrected chi connectivity index (χ0v) is 13.2. The van der Waals surface area contributed by atoms with Crippen molar-refractivity contribution in [3.63, 3.8) is 0 Å². The van der Waals surface area contributed by atoms with Crippen LogP contribution >= 0.6 is 0 Å². The summed E-state index contributed by atoms with van der Waals surface area (Å²) >= 11 is 0. The largest absolute Gasteiger partial charge is 0.462 e. The fourth-order valence-electron chi connectivity index (χ4n) is 2.40. The van der Waals surface area contributed by atoms with E-state index in [0.29, 0.717) is 0 Å². The highest BCUT2D eigenvalue weighted by Crippen LogP contribution is 2.35. The first kappa shape index (κ1) is 20.6. The van der Waals surface area contributed by atoms with Gasteiger partial charge in [0, 0.05) is 6.92 Å². The fourth-order valence-corrected chi connectivity index (χ4v) is 2.40. The van der Waals surface area contributed by atoms with Crippen molar-refractivity contribution in [3.8, 4) is 0 Å². The van der Waals surface area contributed by atoms with E-state index in [-0.39, 0.29) is 6.61 Å². The number of hydrogen-bond donors (Lipinski definition) is 5. The number of rotatable bonds is 6. The SMILES string of the molecule is CCOC(=O)[C@]1(F)OC([C@H](O)[C@H](O)CO)[C@H](NC(C)=O)C(N)[C@@H]1F. The molecule has 140 valence electrons. The van der Waals surface area contributed by atoms with Crippen LogP contribution in [0.4, 0.5) is 8.78 Å². The number of ether oxygens (including phenoxy) is 2. The molecule has 0 aromatic rings. The van der Waals surface area contributed by atoms with E-state index < -0.39 is 60.9 Å². The molecule has 1 rings (SSSR count). The highest BCUT2D eigenvalue weighted by Gasteiger charge is 2.62. The molecule has 1 heterocycles. The van der Waals surface area contributed by atoms with Crippen molar-refractivity contribution in [2.75, 3.05) is 13.2 Å². The van der Waals surface area contributed by atoms with Gasteiger partial charge in [-0.05, 0) is 6.92 Å². The molecule has 24 heavy (non-hydrogen) atoms.